The molecule has 0 aliphatic carbocycles. The van der Waals surface area contributed by atoms with E-state index in [9.17, 15) is 4.79 Å². The third-order valence-corrected chi connectivity index (χ3v) is 4.52. The Morgan fingerprint density at radius 2 is 2.04 bits per heavy atom. The summed E-state index contributed by atoms with van der Waals surface area (Å²) in [5.41, 5.74) is 4.75. The summed E-state index contributed by atoms with van der Waals surface area (Å²) in [5.74, 6) is 0.232. The average Bonchev–Trinajstić information content (AvgIpc) is 3.16. The minimum absolute atomic E-state index is 0.0742. The second kappa shape index (κ2) is 5.16. The normalized spacial score (nSPS) is 16.9. The minimum Gasteiger partial charge on any atom is -0.384 e. The van der Waals surface area contributed by atoms with Crippen molar-refractivity contribution in [2.45, 2.75) is 26.7 Å². The number of anilines is 1. The van der Waals surface area contributed by atoms with Gasteiger partial charge in [0.15, 0.2) is 11.4 Å². The van der Waals surface area contributed by atoms with Crippen LogP contribution in [0.3, 0.4) is 0 Å². The number of nitrogens with zero attached hydrogens (tertiary/aromatic N) is 2. The maximum absolute atomic E-state index is 12.7. The molecule has 24 heavy (non-hydrogen) atoms. The van der Waals surface area contributed by atoms with E-state index in [1.165, 1.54) is 5.56 Å². The molecule has 0 spiro atoms. The molecule has 1 atom stereocenters. The number of hydrogen-bond donors (Lipinski definition) is 2. The zero-order valence-corrected chi connectivity index (χ0v) is 14.1. The fraction of sp³-hybridized carbons (Fsp3) is 0.316. The standard InChI is InChI=1S/C19H20N4O/c1-19(2,3)17(24)13-9-21-18-16(13)23-15(10-22-18)12-8-20-14-7-5-4-6-11(12)14/h4-7,9-10,12,20H,8H2,1-3H3,(H,21,22). The first kappa shape index (κ1) is 14.9. The third kappa shape index (κ3) is 2.28. The number of carbonyl (C=O) groups excluding carboxylic acids is 1. The van der Waals surface area contributed by atoms with Crippen LogP contribution >= 0.6 is 0 Å². The summed E-state index contributed by atoms with van der Waals surface area (Å²) in [6.07, 6.45) is 3.53. The van der Waals surface area contributed by atoms with Crippen molar-refractivity contribution in [3.05, 3.63) is 53.5 Å². The highest BCUT2D eigenvalue weighted by Gasteiger charge is 2.28. The molecule has 1 aromatic carbocycles. The highest BCUT2D eigenvalue weighted by molar-refractivity contribution is 6.08. The maximum atomic E-state index is 12.7. The number of nitrogens with one attached hydrogen (secondary N) is 2. The molecular formula is C19H20N4O. The Morgan fingerprint density at radius 1 is 1.25 bits per heavy atom. The molecule has 0 saturated heterocycles. The van der Waals surface area contributed by atoms with Gasteiger partial charge in [-0.05, 0) is 11.6 Å². The Kier molecular flexibility index (Phi) is 3.20. The molecule has 122 valence electrons. The van der Waals surface area contributed by atoms with Crippen LogP contribution in [-0.2, 0) is 0 Å². The van der Waals surface area contributed by atoms with Crippen molar-refractivity contribution in [2.24, 2.45) is 5.41 Å². The van der Waals surface area contributed by atoms with Gasteiger partial charge in [-0.2, -0.15) is 0 Å². The first-order valence-electron chi connectivity index (χ1n) is 8.17. The molecule has 3 aromatic rings. The van der Waals surface area contributed by atoms with E-state index in [1.807, 2.05) is 32.9 Å². The largest absolute Gasteiger partial charge is 0.384 e. The maximum Gasteiger partial charge on any atom is 0.171 e. The van der Waals surface area contributed by atoms with Gasteiger partial charge in [0.25, 0.3) is 0 Å². The zero-order valence-electron chi connectivity index (χ0n) is 14.1. The van der Waals surface area contributed by atoms with E-state index in [0.717, 1.165) is 17.9 Å². The Morgan fingerprint density at radius 3 is 2.83 bits per heavy atom. The molecule has 5 heteroatoms. The summed E-state index contributed by atoms with van der Waals surface area (Å²) < 4.78 is 0. The Labute approximate surface area is 140 Å². The van der Waals surface area contributed by atoms with Crippen LogP contribution in [0.2, 0.25) is 0 Å². The van der Waals surface area contributed by atoms with Gasteiger partial charge in [-0.15, -0.1) is 0 Å². The lowest BCUT2D eigenvalue weighted by atomic mass is 9.87. The molecule has 5 nitrogen and oxygen atoms in total. The van der Waals surface area contributed by atoms with E-state index in [2.05, 4.69) is 27.4 Å². The van der Waals surface area contributed by atoms with Crippen molar-refractivity contribution in [2.75, 3.05) is 11.9 Å². The van der Waals surface area contributed by atoms with Crippen molar-refractivity contribution in [3.63, 3.8) is 0 Å². The van der Waals surface area contributed by atoms with Crippen molar-refractivity contribution >= 4 is 22.6 Å². The summed E-state index contributed by atoms with van der Waals surface area (Å²) in [6.45, 7) is 6.56. The molecule has 1 aliphatic rings. The summed E-state index contributed by atoms with van der Waals surface area (Å²) in [4.78, 5) is 25.0. The summed E-state index contributed by atoms with van der Waals surface area (Å²) in [5, 5.41) is 3.41. The number of aromatic amines is 1. The van der Waals surface area contributed by atoms with Crippen LogP contribution < -0.4 is 5.32 Å². The molecule has 4 rings (SSSR count). The number of rotatable bonds is 2. The number of fused-ring (bicyclic) bond motifs is 2. The van der Waals surface area contributed by atoms with Gasteiger partial charge in [-0.3, -0.25) is 4.79 Å². The lowest BCUT2D eigenvalue weighted by Crippen LogP contribution is -2.20. The molecule has 0 bridgehead atoms. The molecule has 1 unspecified atom stereocenters. The summed E-state index contributed by atoms with van der Waals surface area (Å²) in [7, 11) is 0. The van der Waals surface area contributed by atoms with Gasteiger partial charge in [0.1, 0.15) is 5.52 Å². The third-order valence-electron chi connectivity index (χ3n) is 4.52. The van der Waals surface area contributed by atoms with Gasteiger partial charge in [0, 0.05) is 29.8 Å². The average molecular weight is 320 g/mol. The zero-order chi connectivity index (χ0) is 16.9. The van der Waals surface area contributed by atoms with Crippen molar-refractivity contribution in [1.82, 2.24) is 15.0 Å². The minimum atomic E-state index is -0.450. The number of aromatic nitrogens is 3. The molecule has 1 aliphatic heterocycles. The van der Waals surface area contributed by atoms with Gasteiger partial charge in [-0.25, -0.2) is 9.97 Å². The number of benzene rings is 1. The van der Waals surface area contributed by atoms with Crippen LogP contribution in [0.15, 0.2) is 36.7 Å². The molecular weight excluding hydrogens is 300 g/mol. The van der Waals surface area contributed by atoms with Crippen molar-refractivity contribution < 1.29 is 4.79 Å². The van der Waals surface area contributed by atoms with E-state index < -0.39 is 5.41 Å². The van der Waals surface area contributed by atoms with Gasteiger partial charge in [0.2, 0.25) is 0 Å². The number of Topliss-reactive ketones (excluding diaryl/α,β-unsaturated/α-hetero) is 1. The highest BCUT2D eigenvalue weighted by Crippen LogP contribution is 2.35. The Balaban J connectivity index is 1.81. The van der Waals surface area contributed by atoms with Gasteiger partial charge in [-0.1, -0.05) is 39.0 Å². The summed E-state index contributed by atoms with van der Waals surface area (Å²) >= 11 is 0. The van der Waals surface area contributed by atoms with Crippen LogP contribution in [0, 0.1) is 5.41 Å². The van der Waals surface area contributed by atoms with Gasteiger partial charge >= 0.3 is 0 Å². The van der Waals surface area contributed by atoms with Crippen LogP contribution in [-0.4, -0.2) is 27.3 Å². The first-order chi connectivity index (χ1) is 11.4. The van der Waals surface area contributed by atoms with E-state index in [0.29, 0.717) is 16.7 Å². The van der Waals surface area contributed by atoms with E-state index in [-0.39, 0.29) is 11.7 Å². The Hall–Kier alpha value is -2.69. The van der Waals surface area contributed by atoms with Crippen molar-refractivity contribution in [1.29, 1.82) is 0 Å². The molecule has 0 fully saturated rings. The molecule has 2 N–H and O–H groups in total. The number of ketones is 1. The van der Waals surface area contributed by atoms with Crippen LogP contribution in [0.1, 0.15) is 48.3 Å². The highest BCUT2D eigenvalue weighted by atomic mass is 16.1. The van der Waals surface area contributed by atoms with Gasteiger partial charge in [0.05, 0.1) is 17.5 Å². The summed E-state index contributed by atoms with van der Waals surface area (Å²) in [6, 6.07) is 8.25. The van der Waals surface area contributed by atoms with Crippen LogP contribution in [0.4, 0.5) is 5.69 Å². The predicted octanol–water partition coefficient (Wildman–Crippen LogP) is 3.74. The number of hydrogen-bond acceptors (Lipinski definition) is 4. The lowest BCUT2D eigenvalue weighted by molar-refractivity contribution is 0.0860. The second-order valence-corrected chi connectivity index (χ2v) is 7.29. The van der Waals surface area contributed by atoms with Crippen molar-refractivity contribution in [3.8, 4) is 0 Å². The lowest BCUT2D eigenvalue weighted by Gasteiger charge is -2.15. The number of H-pyrrole nitrogens is 1. The predicted molar refractivity (Wildman–Crippen MR) is 94.4 cm³/mol. The SMILES string of the molecule is CC(C)(C)C(=O)c1c[nH]c2ncc(C3CNc4ccccc43)nc12. The molecule has 0 radical (unpaired) electrons. The molecule has 2 aromatic heterocycles. The molecule has 3 heterocycles. The van der Waals surface area contributed by atoms with E-state index in [1.54, 1.807) is 12.4 Å². The molecule has 0 saturated carbocycles. The van der Waals surface area contributed by atoms with Crippen LogP contribution in [0.5, 0.6) is 0 Å². The smallest absolute Gasteiger partial charge is 0.171 e. The van der Waals surface area contributed by atoms with E-state index >= 15 is 0 Å². The van der Waals surface area contributed by atoms with Crippen LogP contribution in [0.25, 0.3) is 11.2 Å². The van der Waals surface area contributed by atoms with Gasteiger partial charge < -0.3 is 10.3 Å². The topological polar surface area (TPSA) is 70.7 Å². The Bertz CT molecular complexity index is 936. The number of carbonyl (C=O) groups is 1. The second-order valence-electron chi connectivity index (χ2n) is 7.29. The fourth-order valence-electron chi connectivity index (χ4n) is 3.20. The monoisotopic (exact) mass is 320 g/mol. The first-order valence-corrected chi connectivity index (χ1v) is 8.17. The fourth-order valence-corrected chi connectivity index (χ4v) is 3.20. The number of para-hydroxylation sites is 1. The molecule has 0 amide bonds. The van der Waals surface area contributed by atoms with E-state index in [4.69, 9.17) is 4.98 Å². The quantitative estimate of drug-likeness (QED) is 0.706.